The van der Waals surface area contributed by atoms with E-state index in [0.29, 0.717) is 30.4 Å². The Bertz CT molecular complexity index is 960. The molecule has 2 aromatic carbocycles. The molecule has 3 aromatic rings. The molecule has 1 N–H and O–H groups in total. The summed E-state index contributed by atoms with van der Waals surface area (Å²) in [6.07, 6.45) is 0. The number of anilines is 2. The summed E-state index contributed by atoms with van der Waals surface area (Å²) >= 11 is 0. The van der Waals surface area contributed by atoms with Crippen molar-refractivity contribution in [2.75, 3.05) is 30.5 Å². The number of fused-ring (bicyclic) bond motifs is 1. The maximum atomic E-state index is 12.8. The molecule has 2 amide bonds. The molecule has 0 atom stereocenters. The van der Waals surface area contributed by atoms with Gasteiger partial charge in [-0.15, -0.1) is 0 Å². The van der Waals surface area contributed by atoms with Crippen molar-refractivity contribution >= 4 is 17.5 Å². The van der Waals surface area contributed by atoms with Crippen LogP contribution in [-0.2, 0) is 0 Å². The van der Waals surface area contributed by atoms with Crippen LogP contribution in [0.2, 0.25) is 0 Å². The molecule has 1 aliphatic rings. The number of rotatable bonds is 3. The van der Waals surface area contributed by atoms with Gasteiger partial charge < -0.3 is 14.8 Å². The Labute approximate surface area is 157 Å². The van der Waals surface area contributed by atoms with Gasteiger partial charge >= 0.3 is 6.03 Å². The van der Waals surface area contributed by atoms with Crippen molar-refractivity contribution in [2.45, 2.75) is 0 Å². The molecule has 0 bridgehead atoms. The number of methoxy groups -OCH3 is 1. The third-order valence-corrected chi connectivity index (χ3v) is 4.32. The minimum absolute atomic E-state index is 0.240. The second kappa shape index (κ2) is 7.37. The van der Waals surface area contributed by atoms with Gasteiger partial charge in [-0.2, -0.15) is 0 Å². The summed E-state index contributed by atoms with van der Waals surface area (Å²) < 4.78 is 11.1. The number of hydrogen-bond donors (Lipinski definition) is 1. The van der Waals surface area contributed by atoms with Crippen molar-refractivity contribution in [3.63, 3.8) is 0 Å². The molecule has 0 spiro atoms. The average Bonchev–Trinajstić information content (AvgIpc) is 2.73. The van der Waals surface area contributed by atoms with Crippen LogP contribution in [0.25, 0.3) is 11.3 Å². The van der Waals surface area contributed by atoms with E-state index in [1.165, 1.54) is 0 Å². The molecular formula is C21H19N3O3. The lowest BCUT2D eigenvalue weighted by molar-refractivity contribution is 0.249. The van der Waals surface area contributed by atoms with Gasteiger partial charge in [-0.1, -0.05) is 30.3 Å². The molecule has 6 heteroatoms. The molecule has 6 nitrogen and oxygen atoms in total. The number of carbonyl (C=O) groups excluding carboxylic acids is 1. The molecular weight excluding hydrogens is 342 g/mol. The largest absolute Gasteiger partial charge is 0.496 e. The minimum Gasteiger partial charge on any atom is -0.496 e. The summed E-state index contributed by atoms with van der Waals surface area (Å²) in [6, 6.07) is 20.5. The molecule has 1 aliphatic heterocycles. The monoisotopic (exact) mass is 361 g/mol. The third kappa shape index (κ3) is 3.42. The lowest BCUT2D eigenvalue weighted by Crippen LogP contribution is -2.41. The normalized spacial score (nSPS) is 12.7. The number of nitrogens with zero attached hydrogens (tertiary/aromatic N) is 2. The van der Waals surface area contributed by atoms with Crippen LogP contribution in [0.15, 0.2) is 66.7 Å². The Morgan fingerprint density at radius 3 is 2.67 bits per heavy atom. The molecule has 27 heavy (non-hydrogen) atoms. The lowest BCUT2D eigenvalue weighted by Gasteiger charge is -2.29. The van der Waals surface area contributed by atoms with Crippen LogP contribution in [-0.4, -0.2) is 31.3 Å². The Morgan fingerprint density at radius 2 is 1.85 bits per heavy atom. The highest BCUT2D eigenvalue weighted by atomic mass is 16.5. The summed E-state index contributed by atoms with van der Waals surface area (Å²) in [4.78, 5) is 19.1. The molecule has 136 valence electrons. The number of urea groups is 1. The fourth-order valence-corrected chi connectivity index (χ4v) is 3.01. The first kappa shape index (κ1) is 16.9. The number of ether oxygens (including phenoxy) is 2. The van der Waals surface area contributed by atoms with Gasteiger partial charge in [0, 0.05) is 11.3 Å². The highest BCUT2D eigenvalue weighted by Crippen LogP contribution is 2.35. The van der Waals surface area contributed by atoms with Crippen molar-refractivity contribution < 1.29 is 14.3 Å². The van der Waals surface area contributed by atoms with E-state index >= 15 is 0 Å². The quantitative estimate of drug-likeness (QED) is 0.760. The summed E-state index contributed by atoms with van der Waals surface area (Å²) in [5.74, 6) is 1.81. The van der Waals surface area contributed by atoms with Crippen molar-refractivity contribution in [1.82, 2.24) is 4.98 Å². The fraction of sp³-hybridized carbons (Fsp3) is 0.143. The van der Waals surface area contributed by atoms with E-state index in [1.807, 2.05) is 66.7 Å². The first-order chi connectivity index (χ1) is 13.3. The summed E-state index contributed by atoms with van der Waals surface area (Å²) in [5.41, 5.74) is 2.31. The number of carbonyl (C=O) groups is 1. The van der Waals surface area contributed by atoms with E-state index in [0.717, 1.165) is 17.0 Å². The minimum atomic E-state index is -0.240. The number of para-hydroxylation sites is 2. The van der Waals surface area contributed by atoms with Gasteiger partial charge in [-0.3, -0.25) is 4.90 Å². The molecule has 0 radical (unpaired) electrons. The second-order valence-corrected chi connectivity index (χ2v) is 6.01. The van der Waals surface area contributed by atoms with Crippen LogP contribution in [0.3, 0.4) is 0 Å². The standard InChI is InChI=1S/C21H19N3O3/c1-26-18-10-6-5-9-16(18)17-11-12-19-20(23-17)24(13-14-27-19)21(25)22-15-7-3-2-4-8-15/h2-12H,13-14H2,1H3,(H,22,25). The second-order valence-electron chi connectivity index (χ2n) is 6.01. The molecule has 1 aromatic heterocycles. The lowest BCUT2D eigenvalue weighted by atomic mass is 10.1. The SMILES string of the molecule is COc1ccccc1-c1ccc2c(n1)N(C(=O)Nc1ccccc1)CCO2. The molecule has 0 saturated carbocycles. The molecule has 0 fully saturated rings. The van der Waals surface area contributed by atoms with E-state index in [2.05, 4.69) is 5.32 Å². The van der Waals surface area contributed by atoms with Crippen LogP contribution in [0, 0.1) is 0 Å². The number of benzene rings is 2. The van der Waals surface area contributed by atoms with Gasteiger partial charge in [0.25, 0.3) is 0 Å². The van der Waals surface area contributed by atoms with Gasteiger partial charge in [0.2, 0.25) is 0 Å². The maximum Gasteiger partial charge on any atom is 0.327 e. The zero-order valence-electron chi connectivity index (χ0n) is 14.9. The maximum absolute atomic E-state index is 12.8. The van der Waals surface area contributed by atoms with Gasteiger partial charge in [0.15, 0.2) is 11.6 Å². The summed E-state index contributed by atoms with van der Waals surface area (Å²) in [7, 11) is 1.62. The van der Waals surface area contributed by atoms with Gasteiger partial charge in [0.1, 0.15) is 12.4 Å². The number of hydrogen-bond acceptors (Lipinski definition) is 4. The number of pyridine rings is 1. The van der Waals surface area contributed by atoms with Crippen LogP contribution >= 0.6 is 0 Å². The van der Waals surface area contributed by atoms with E-state index in [9.17, 15) is 4.79 Å². The van der Waals surface area contributed by atoms with Gasteiger partial charge in [-0.25, -0.2) is 9.78 Å². The first-order valence-electron chi connectivity index (χ1n) is 8.67. The molecule has 4 rings (SSSR count). The number of aromatic nitrogens is 1. The van der Waals surface area contributed by atoms with Crippen molar-refractivity contribution in [3.8, 4) is 22.8 Å². The van der Waals surface area contributed by atoms with Crippen LogP contribution in [0.4, 0.5) is 16.3 Å². The van der Waals surface area contributed by atoms with Crippen molar-refractivity contribution in [1.29, 1.82) is 0 Å². The van der Waals surface area contributed by atoms with Crippen molar-refractivity contribution in [2.24, 2.45) is 0 Å². The van der Waals surface area contributed by atoms with Crippen LogP contribution in [0.1, 0.15) is 0 Å². The Balaban J connectivity index is 1.68. The van der Waals surface area contributed by atoms with Gasteiger partial charge in [-0.05, 0) is 36.4 Å². The topological polar surface area (TPSA) is 63.7 Å². The number of nitrogens with one attached hydrogen (secondary N) is 1. The van der Waals surface area contributed by atoms with E-state index in [1.54, 1.807) is 12.0 Å². The highest BCUT2D eigenvalue weighted by molar-refractivity contribution is 6.02. The zero-order chi connectivity index (χ0) is 18.6. The zero-order valence-corrected chi connectivity index (χ0v) is 14.9. The average molecular weight is 361 g/mol. The van der Waals surface area contributed by atoms with E-state index in [-0.39, 0.29) is 6.03 Å². The highest BCUT2D eigenvalue weighted by Gasteiger charge is 2.26. The van der Waals surface area contributed by atoms with E-state index < -0.39 is 0 Å². The van der Waals surface area contributed by atoms with Gasteiger partial charge in [0.05, 0.1) is 19.3 Å². The molecule has 0 saturated heterocycles. The fourth-order valence-electron chi connectivity index (χ4n) is 3.01. The predicted molar refractivity (Wildman–Crippen MR) is 105 cm³/mol. The summed E-state index contributed by atoms with van der Waals surface area (Å²) in [6.45, 7) is 0.846. The molecule has 2 heterocycles. The first-order valence-corrected chi connectivity index (χ1v) is 8.67. The Hall–Kier alpha value is -3.54. The van der Waals surface area contributed by atoms with Crippen LogP contribution in [0.5, 0.6) is 11.5 Å². The molecule has 0 aliphatic carbocycles. The van der Waals surface area contributed by atoms with Crippen molar-refractivity contribution in [3.05, 3.63) is 66.7 Å². The predicted octanol–water partition coefficient (Wildman–Crippen LogP) is 4.19. The van der Waals surface area contributed by atoms with Crippen LogP contribution < -0.4 is 19.7 Å². The smallest absolute Gasteiger partial charge is 0.327 e. The number of amides is 2. The summed E-state index contributed by atoms with van der Waals surface area (Å²) in [5, 5.41) is 2.90. The van der Waals surface area contributed by atoms with E-state index in [4.69, 9.17) is 14.5 Å². The Kier molecular flexibility index (Phi) is 4.61. The Morgan fingerprint density at radius 1 is 1.07 bits per heavy atom. The molecule has 0 unspecified atom stereocenters. The third-order valence-electron chi connectivity index (χ3n) is 4.32.